The Kier molecular flexibility index (Phi) is 4.21. The molecule has 2 aliphatic heterocycles. The predicted molar refractivity (Wildman–Crippen MR) is 90.2 cm³/mol. The van der Waals surface area contributed by atoms with Gasteiger partial charge in [0.25, 0.3) is 0 Å². The molecule has 132 valence electrons. The fourth-order valence-corrected chi connectivity index (χ4v) is 6.52. The number of aryl methyl sites for hydroxylation is 1. The van der Waals surface area contributed by atoms with Crippen LogP contribution in [-0.4, -0.2) is 58.7 Å². The number of anilines is 1. The lowest BCUT2D eigenvalue weighted by molar-refractivity contribution is -0.118. The van der Waals surface area contributed by atoms with Crippen molar-refractivity contribution in [1.29, 1.82) is 0 Å². The third-order valence-corrected chi connectivity index (χ3v) is 8.45. The molecule has 0 aromatic heterocycles. The van der Waals surface area contributed by atoms with Gasteiger partial charge in [0.1, 0.15) is 0 Å². The van der Waals surface area contributed by atoms with Crippen LogP contribution >= 0.6 is 0 Å². The largest absolute Gasteiger partial charge is 0.315 e. The molecule has 1 aromatic rings. The fourth-order valence-electron chi connectivity index (χ4n) is 3.22. The van der Waals surface area contributed by atoms with E-state index in [4.69, 9.17) is 0 Å². The van der Waals surface area contributed by atoms with Crippen molar-refractivity contribution >= 4 is 31.5 Å². The van der Waals surface area contributed by atoms with Crippen molar-refractivity contribution in [2.24, 2.45) is 0 Å². The number of rotatable bonds is 3. The van der Waals surface area contributed by atoms with Crippen LogP contribution < -0.4 is 4.90 Å². The zero-order valence-electron chi connectivity index (χ0n) is 13.6. The van der Waals surface area contributed by atoms with Crippen LogP contribution in [0, 0.1) is 0 Å². The molecular formula is C15H20N2O5S2. The number of hydrogen-bond acceptors (Lipinski definition) is 5. The van der Waals surface area contributed by atoms with E-state index in [1.54, 1.807) is 19.2 Å². The van der Waals surface area contributed by atoms with E-state index in [1.807, 2.05) is 0 Å². The van der Waals surface area contributed by atoms with E-state index in [0.29, 0.717) is 19.3 Å². The summed E-state index contributed by atoms with van der Waals surface area (Å²) in [6.45, 7) is 0. The summed E-state index contributed by atoms with van der Waals surface area (Å²) in [6, 6.07) is 4.18. The van der Waals surface area contributed by atoms with Gasteiger partial charge >= 0.3 is 0 Å². The SMILES string of the molecule is CN1C(=O)CCc2cc(S(=O)(=O)N(C)C3CCS(=O)(=O)C3)ccc21. The van der Waals surface area contributed by atoms with Crippen LogP contribution in [0.25, 0.3) is 0 Å². The molecule has 1 aromatic carbocycles. The van der Waals surface area contributed by atoms with E-state index >= 15 is 0 Å². The lowest BCUT2D eigenvalue weighted by Crippen LogP contribution is -2.38. The predicted octanol–water partition coefficient (Wildman–Crippen LogP) is 0.403. The first-order valence-electron chi connectivity index (χ1n) is 7.70. The maximum Gasteiger partial charge on any atom is 0.243 e. The summed E-state index contributed by atoms with van der Waals surface area (Å²) in [6.07, 6.45) is 1.17. The topological polar surface area (TPSA) is 91.8 Å². The molecule has 1 fully saturated rings. The molecule has 0 aliphatic carbocycles. The number of sulfone groups is 1. The van der Waals surface area contributed by atoms with Gasteiger partial charge in [-0.05, 0) is 36.6 Å². The van der Waals surface area contributed by atoms with Gasteiger partial charge in [-0.25, -0.2) is 16.8 Å². The highest BCUT2D eigenvalue weighted by Crippen LogP contribution is 2.31. The van der Waals surface area contributed by atoms with Crippen LogP contribution in [0.2, 0.25) is 0 Å². The number of sulfonamides is 1. The number of benzene rings is 1. The van der Waals surface area contributed by atoms with Crippen molar-refractivity contribution < 1.29 is 21.6 Å². The van der Waals surface area contributed by atoms with E-state index in [1.165, 1.54) is 18.0 Å². The highest BCUT2D eigenvalue weighted by Gasteiger charge is 2.37. The van der Waals surface area contributed by atoms with Gasteiger partial charge in [0.05, 0.1) is 16.4 Å². The van der Waals surface area contributed by atoms with E-state index in [-0.39, 0.29) is 22.3 Å². The van der Waals surface area contributed by atoms with Crippen LogP contribution in [0.3, 0.4) is 0 Å². The number of nitrogens with zero attached hydrogens (tertiary/aromatic N) is 2. The van der Waals surface area contributed by atoms with Crippen LogP contribution in [0.5, 0.6) is 0 Å². The normalized spacial score (nSPS) is 23.5. The zero-order valence-corrected chi connectivity index (χ0v) is 15.2. The molecule has 2 heterocycles. The van der Waals surface area contributed by atoms with Gasteiger partial charge in [0.15, 0.2) is 9.84 Å². The van der Waals surface area contributed by atoms with Crippen LogP contribution in [0.15, 0.2) is 23.1 Å². The highest BCUT2D eigenvalue weighted by atomic mass is 32.2. The molecule has 1 amide bonds. The van der Waals surface area contributed by atoms with Crippen molar-refractivity contribution in [1.82, 2.24) is 4.31 Å². The second-order valence-corrected chi connectivity index (χ2v) is 10.5. The molecule has 0 radical (unpaired) electrons. The minimum atomic E-state index is -3.77. The second kappa shape index (κ2) is 5.82. The van der Waals surface area contributed by atoms with Crippen molar-refractivity contribution in [3.05, 3.63) is 23.8 Å². The molecule has 7 nitrogen and oxygen atoms in total. The first-order valence-corrected chi connectivity index (χ1v) is 11.0. The van der Waals surface area contributed by atoms with Gasteiger partial charge in [0.2, 0.25) is 15.9 Å². The Labute approximate surface area is 142 Å². The van der Waals surface area contributed by atoms with Gasteiger partial charge < -0.3 is 4.90 Å². The Hall–Kier alpha value is -1.45. The summed E-state index contributed by atoms with van der Waals surface area (Å²) in [5.41, 5.74) is 1.53. The quantitative estimate of drug-likeness (QED) is 0.766. The molecule has 1 saturated heterocycles. The Morgan fingerprint density at radius 1 is 1.25 bits per heavy atom. The maximum atomic E-state index is 12.8. The zero-order chi connectivity index (χ0) is 17.7. The molecule has 2 aliphatic rings. The molecular weight excluding hydrogens is 352 g/mol. The van der Waals surface area contributed by atoms with Gasteiger partial charge in [-0.15, -0.1) is 0 Å². The van der Waals surface area contributed by atoms with Crippen molar-refractivity contribution in [3.63, 3.8) is 0 Å². The Bertz CT molecular complexity index is 892. The average Bonchev–Trinajstić information content (AvgIpc) is 2.89. The number of fused-ring (bicyclic) bond motifs is 1. The van der Waals surface area contributed by atoms with Crippen LogP contribution in [0.1, 0.15) is 18.4 Å². The standard InChI is InChI=1S/C15H20N2O5S2/c1-16-14-5-4-13(9-11(14)3-6-15(16)18)24(21,22)17(2)12-7-8-23(19,20)10-12/h4-5,9,12H,3,6-8,10H2,1-2H3. The minimum absolute atomic E-state index is 0.00591. The molecule has 0 saturated carbocycles. The summed E-state index contributed by atoms with van der Waals surface area (Å²) >= 11 is 0. The first-order chi connectivity index (χ1) is 11.1. The number of carbonyl (C=O) groups excluding carboxylic acids is 1. The van der Waals surface area contributed by atoms with E-state index in [0.717, 1.165) is 15.6 Å². The third-order valence-electron chi connectivity index (χ3n) is 4.79. The van der Waals surface area contributed by atoms with Crippen molar-refractivity contribution in [2.75, 3.05) is 30.5 Å². The fraction of sp³-hybridized carbons (Fsp3) is 0.533. The first kappa shape index (κ1) is 17.4. The van der Waals surface area contributed by atoms with Crippen molar-refractivity contribution in [3.8, 4) is 0 Å². The maximum absolute atomic E-state index is 12.8. The molecule has 24 heavy (non-hydrogen) atoms. The van der Waals surface area contributed by atoms with E-state index < -0.39 is 25.9 Å². The Balaban J connectivity index is 1.92. The van der Waals surface area contributed by atoms with Gasteiger partial charge in [-0.1, -0.05) is 0 Å². The average molecular weight is 372 g/mol. The number of carbonyl (C=O) groups is 1. The lowest BCUT2D eigenvalue weighted by atomic mass is 10.0. The molecule has 0 bridgehead atoms. The third kappa shape index (κ3) is 2.96. The molecule has 1 unspecified atom stereocenters. The summed E-state index contributed by atoms with van der Waals surface area (Å²) in [4.78, 5) is 13.4. The monoisotopic (exact) mass is 372 g/mol. The minimum Gasteiger partial charge on any atom is -0.315 e. The Morgan fingerprint density at radius 2 is 1.96 bits per heavy atom. The van der Waals surface area contributed by atoms with E-state index in [2.05, 4.69) is 0 Å². The van der Waals surface area contributed by atoms with Crippen LogP contribution in [0.4, 0.5) is 5.69 Å². The van der Waals surface area contributed by atoms with E-state index in [9.17, 15) is 21.6 Å². The summed E-state index contributed by atoms with van der Waals surface area (Å²) in [7, 11) is -3.84. The molecule has 3 rings (SSSR count). The smallest absolute Gasteiger partial charge is 0.243 e. The molecule has 9 heteroatoms. The summed E-state index contributed by atoms with van der Waals surface area (Å²) in [5, 5.41) is 0. The molecule has 0 spiro atoms. The number of amides is 1. The summed E-state index contributed by atoms with van der Waals surface area (Å²) in [5.74, 6) is -0.106. The number of hydrogen-bond donors (Lipinski definition) is 0. The van der Waals surface area contributed by atoms with Gasteiger partial charge in [-0.3, -0.25) is 4.79 Å². The highest BCUT2D eigenvalue weighted by molar-refractivity contribution is 7.92. The lowest BCUT2D eigenvalue weighted by Gasteiger charge is -2.27. The van der Waals surface area contributed by atoms with Gasteiger partial charge in [-0.2, -0.15) is 4.31 Å². The molecule has 0 N–H and O–H groups in total. The second-order valence-electron chi connectivity index (χ2n) is 6.32. The van der Waals surface area contributed by atoms with Crippen molar-refractivity contribution in [2.45, 2.75) is 30.2 Å². The molecule has 1 atom stereocenters. The Morgan fingerprint density at radius 3 is 2.58 bits per heavy atom. The summed E-state index contributed by atoms with van der Waals surface area (Å²) < 4.78 is 50.0. The van der Waals surface area contributed by atoms with Crippen LogP contribution in [-0.2, 0) is 31.1 Å². The van der Waals surface area contributed by atoms with Gasteiger partial charge in [0, 0.05) is 32.2 Å².